The number of rotatable bonds is 3. The zero-order chi connectivity index (χ0) is 16.6. The largest absolute Gasteiger partial charge is 0.469 e. The number of carbonyl (C=O) groups excluding carboxylic acids is 1. The number of nitrogens with zero attached hydrogens (tertiary/aromatic N) is 4. The third-order valence-electron chi connectivity index (χ3n) is 4.32. The van der Waals surface area contributed by atoms with Crippen molar-refractivity contribution in [2.75, 3.05) is 44.1 Å². The number of methoxy groups -OCH3 is 1. The second-order valence-electron chi connectivity index (χ2n) is 6.24. The van der Waals surface area contributed by atoms with Crippen molar-refractivity contribution in [2.24, 2.45) is 5.92 Å². The molecule has 1 aliphatic heterocycles. The van der Waals surface area contributed by atoms with E-state index in [1.54, 1.807) is 0 Å². The molecule has 23 heavy (non-hydrogen) atoms. The van der Waals surface area contributed by atoms with E-state index in [1.165, 1.54) is 7.11 Å². The van der Waals surface area contributed by atoms with Gasteiger partial charge in [0.1, 0.15) is 11.5 Å². The van der Waals surface area contributed by atoms with Crippen LogP contribution in [0.5, 0.6) is 0 Å². The Kier molecular flexibility index (Phi) is 4.11. The minimum absolute atomic E-state index is 0.00476. The standard InChI is InChI=1S/C16H23N5O2/c1-10-9-12-13(17-10)18-16(20(2)3)19-14(12)21-7-5-11(6-8-21)15(22)23-4/h9,11H,5-8H2,1-4H3,(H,17,18,19). The number of aromatic nitrogens is 3. The Hall–Kier alpha value is -2.31. The van der Waals surface area contributed by atoms with Crippen LogP contribution >= 0.6 is 0 Å². The molecule has 1 saturated heterocycles. The van der Waals surface area contributed by atoms with Crippen LogP contribution in [-0.4, -0.2) is 55.2 Å². The maximum absolute atomic E-state index is 11.7. The molecule has 0 atom stereocenters. The third-order valence-corrected chi connectivity index (χ3v) is 4.32. The van der Waals surface area contributed by atoms with Crippen LogP contribution in [0, 0.1) is 12.8 Å². The van der Waals surface area contributed by atoms with Crippen molar-refractivity contribution >= 4 is 28.8 Å². The lowest BCUT2D eigenvalue weighted by Crippen LogP contribution is -2.37. The van der Waals surface area contributed by atoms with Gasteiger partial charge in [-0.3, -0.25) is 4.79 Å². The highest BCUT2D eigenvalue weighted by Gasteiger charge is 2.27. The average molecular weight is 317 g/mol. The second kappa shape index (κ2) is 6.06. The molecule has 2 aromatic rings. The zero-order valence-corrected chi connectivity index (χ0v) is 14.1. The fourth-order valence-electron chi connectivity index (χ4n) is 3.05. The van der Waals surface area contributed by atoms with Crippen molar-refractivity contribution in [3.05, 3.63) is 11.8 Å². The molecule has 0 radical (unpaired) electrons. The number of piperidine rings is 1. The average Bonchev–Trinajstić information content (AvgIpc) is 2.93. The Morgan fingerprint density at radius 1 is 1.35 bits per heavy atom. The molecule has 1 N–H and O–H groups in total. The van der Waals surface area contributed by atoms with E-state index in [2.05, 4.69) is 20.9 Å². The summed E-state index contributed by atoms with van der Waals surface area (Å²) in [6.45, 7) is 3.61. The molecule has 0 saturated carbocycles. The summed E-state index contributed by atoms with van der Waals surface area (Å²) in [6, 6.07) is 2.08. The van der Waals surface area contributed by atoms with Gasteiger partial charge < -0.3 is 19.5 Å². The lowest BCUT2D eigenvalue weighted by Gasteiger charge is -2.32. The lowest BCUT2D eigenvalue weighted by atomic mass is 9.97. The number of aromatic amines is 1. The highest BCUT2D eigenvalue weighted by atomic mass is 16.5. The third kappa shape index (κ3) is 2.95. The minimum atomic E-state index is -0.107. The van der Waals surface area contributed by atoms with Crippen LogP contribution < -0.4 is 9.80 Å². The van der Waals surface area contributed by atoms with Crippen molar-refractivity contribution in [1.82, 2.24) is 15.0 Å². The van der Waals surface area contributed by atoms with E-state index in [-0.39, 0.29) is 11.9 Å². The molecular formula is C16H23N5O2. The van der Waals surface area contributed by atoms with Crippen molar-refractivity contribution in [2.45, 2.75) is 19.8 Å². The molecule has 3 rings (SSSR count). The Morgan fingerprint density at radius 2 is 2.04 bits per heavy atom. The Bertz CT molecular complexity index is 717. The molecule has 3 heterocycles. The Labute approximate surface area is 135 Å². The fraction of sp³-hybridized carbons (Fsp3) is 0.562. The molecule has 0 spiro atoms. The number of hydrogen-bond acceptors (Lipinski definition) is 6. The number of carbonyl (C=O) groups is 1. The molecule has 0 unspecified atom stereocenters. The highest BCUT2D eigenvalue weighted by Crippen LogP contribution is 2.30. The summed E-state index contributed by atoms with van der Waals surface area (Å²) < 4.78 is 4.86. The number of esters is 1. The number of hydrogen-bond donors (Lipinski definition) is 1. The first kappa shape index (κ1) is 15.6. The van der Waals surface area contributed by atoms with Crippen molar-refractivity contribution < 1.29 is 9.53 Å². The smallest absolute Gasteiger partial charge is 0.308 e. The zero-order valence-electron chi connectivity index (χ0n) is 14.1. The van der Waals surface area contributed by atoms with Gasteiger partial charge in [0.2, 0.25) is 5.95 Å². The van der Waals surface area contributed by atoms with Crippen LogP contribution in [0.4, 0.5) is 11.8 Å². The normalized spacial score (nSPS) is 15.9. The maximum atomic E-state index is 11.7. The molecule has 7 nitrogen and oxygen atoms in total. The van der Waals surface area contributed by atoms with Gasteiger partial charge in [0, 0.05) is 32.9 Å². The minimum Gasteiger partial charge on any atom is -0.469 e. The van der Waals surface area contributed by atoms with E-state index in [0.29, 0.717) is 5.95 Å². The Morgan fingerprint density at radius 3 is 2.65 bits per heavy atom. The molecule has 124 valence electrons. The summed E-state index contributed by atoms with van der Waals surface area (Å²) in [5, 5.41) is 1.03. The predicted octanol–water partition coefficient (Wildman–Crippen LogP) is 1.72. The van der Waals surface area contributed by atoms with Crippen LogP contribution in [0.1, 0.15) is 18.5 Å². The van der Waals surface area contributed by atoms with Gasteiger partial charge in [-0.2, -0.15) is 9.97 Å². The summed E-state index contributed by atoms with van der Waals surface area (Å²) in [7, 11) is 5.32. The van der Waals surface area contributed by atoms with Gasteiger partial charge in [0.25, 0.3) is 0 Å². The van der Waals surface area contributed by atoms with E-state index in [1.807, 2.05) is 25.9 Å². The van der Waals surface area contributed by atoms with Gasteiger partial charge in [-0.05, 0) is 25.8 Å². The maximum Gasteiger partial charge on any atom is 0.308 e. The number of fused-ring (bicyclic) bond motifs is 1. The SMILES string of the molecule is COC(=O)C1CCN(c2nc(N(C)C)nc3[nH]c(C)cc23)CC1. The van der Waals surface area contributed by atoms with Gasteiger partial charge >= 0.3 is 5.97 Å². The van der Waals surface area contributed by atoms with Crippen molar-refractivity contribution in [1.29, 1.82) is 0 Å². The molecule has 1 fully saturated rings. The summed E-state index contributed by atoms with van der Waals surface area (Å²) in [5.41, 5.74) is 1.92. The molecule has 7 heteroatoms. The molecular weight excluding hydrogens is 294 g/mol. The highest BCUT2D eigenvalue weighted by molar-refractivity contribution is 5.89. The topological polar surface area (TPSA) is 74.3 Å². The first-order valence-electron chi connectivity index (χ1n) is 7.87. The Balaban J connectivity index is 1.92. The van der Waals surface area contributed by atoms with E-state index in [4.69, 9.17) is 9.72 Å². The van der Waals surface area contributed by atoms with Crippen molar-refractivity contribution in [3.63, 3.8) is 0 Å². The van der Waals surface area contributed by atoms with Gasteiger partial charge in [-0.25, -0.2) is 0 Å². The number of ether oxygens (including phenoxy) is 1. The summed E-state index contributed by atoms with van der Waals surface area (Å²) >= 11 is 0. The summed E-state index contributed by atoms with van der Waals surface area (Å²) in [4.78, 5) is 28.4. The van der Waals surface area contributed by atoms with Crippen molar-refractivity contribution in [3.8, 4) is 0 Å². The number of anilines is 2. The van der Waals surface area contributed by atoms with E-state index >= 15 is 0 Å². The second-order valence-corrected chi connectivity index (χ2v) is 6.24. The lowest BCUT2D eigenvalue weighted by molar-refractivity contribution is -0.146. The van der Waals surface area contributed by atoms with Crippen LogP contribution in [-0.2, 0) is 9.53 Å². The van der Waals surface area contributed by atoms with E-state index in [0.717, 1.165) is 48.5 Å². The molecule has 2 aromatic heterocycles. The van der Waals surface area contributed by atoms with Crippen LogP contribution in [0.25, 0.3) is 11.0 Å². The molecule has 0 aliphatic carbocycles. The van der Waals surface area contributed by atoms with Gasteiger partial charge in [-0.15, -0.1) is 0 Å². The van der Waals surface area contributed by atoms with E-state index in [9.17, 15) is 4.79 Å². The first-order chi connectivity index (χ1) is 11.0. The molecule has 1 aliphatic rings. The van der Waals surface area contributed by atoms with Crippen LogP contribution in [0.3, 0.4) is 0 Å². The number of H-pyrrole nitrogens is 1. The molecule has 0 bridgehead atoms. The van der Waals surface area contributed by atoms with Crippen LogP contribution in [0.2, 0.25) is 0 Å². The molecule has 0 amide bonds. The first-order valence-corrected chi connectivity index (χ1v) is 7.87. The van der Waals surface area contributed by atoms with Gasteiger partial charge in [0.05, 0.1) is 18.4 Å². The summed E-state index contributed by atoms with van der Waals surface area (Å²) in [5.74, 6) is 1.51. The quantitative estimate of drug-likeness (QED) is 0.869. The monoisotopic (exact) mass is 317 g/mol. The summed E-state index contributed by atoms with van der Waals surface area (Å²) in [6.07, 6.45) is 1.58. The van der Waals surface area contributed by atoms with Gasteiger partial charge in [0.15, 0.2) is 0 Å². The van der Waals surface area contributed by atoms with Gasteiger partial charge in [-0.1, -0.05) is 0 Å². The fourth-order valence-corrected chi connectivity index (χ4v) is 3.05. The van der Waals surface area contributed by atoms with E-state index < -0.39 is 0 Å². The number of aryl methyl sites for hydroxylation is 1. The molecule has 0 aromatic carbocycles. The predicted molar refractivity (Wildman–Crippen MR) is 89.9 cm³/mol. The number of nitrogens with one attached hydrogen (secondary N) is 1. The van der Waals surface area contributed by atoms with Crippen LogP contribution in [0.15, 0.2) is 6.07 Å².